The Morgan fingerprint density at radius 1 is 1.42 bits per heavy atom. The number of ether oxygens (including phenoxy) is 1. The van der Waals surface area contributed by atoms with Crippen LogP contribution >= 0.6 is 0 Å². The lowest BCUT2D eigenvalue weighted by atomic mass is 10.1. The van der Waals surface area contributed by atoms with Gasteiger partial charge < -0.3 is 15.2 Å². The third-order valence-corrected chi connectivity index (χ3v) is 3.27. The van der Waals surface area contributed by atoms with Gasteiger partial charge in [0.25, 0.3) is 0 Å². The van der Waals surface area contributed by atoms with Crippen LogP contribution in [0.1, 0.15) is 30.1 Å². The van der Waals surface area contributed by atoms with E-state index in [-0.39, 0.29) is 31.1 Å². The lowest BCUT2D eigenvalue weighted by Crippen LogP contribution is -2.31. The molecule has 1 unspecified atom stereocenters. The second-order valence-electron chi connectivity index (χ2n) is 5.01. The summed E-state index contributed by atoms with van der Waals surface area (Å²) in [5, 5.41) is 11.8. The van der Waals surface area contributed by atoms with Crippen LogP contribution in [0.25, 0.3) is 0 Å². The highest BCUT2D eigenvalue weighted by Gasteiger charge is 2.29. The summed E-state index contributed by atoms with van der Waals surface area (Å²) in [6, 6.07) is 8.04. The minimum atomic E-state index is -0.199. The van der Waals surface area contributed by atoms with Gasteiger partial charge in [0.2, 0.25) is 5.91 Å². The fraction of sp³-hybridized carbons (Fsp3) is 0.533. The lowest BCUT2D eigenvalue weighted by Gasteiger charge is -2.18. The highest BCUT2D eigenvalue weighted by Crippen LogP contribution is 2.29. The first-order chi connectivity index (χ1) is 9.20. The number of carbonyl (C=O) groups excluding carboxylic acids is 1. The molecule has 1 aromatic carbocycles. The molecule has 104 valence electrons. The Balaban J connectivity index is 1.93. The summed E-state index contributed by atoms with van der Waals surface area (Å²) < 4.78 is 5.60. The van der Waals surface area contributed by atoms with E-state index in [1.807, 2.05) is 31.2 Å². The molecule has 1 aliphatic carbocycles. The molecule has 4 heteroatoms. The van der Waals surface area contributed by atoms with Crippen molar-refractivity contribution < 1.29 is 14.6 Å². The molecule has 1 atom stereocenters. The van der Waals surface area contributed by atoms with Crippen LogP contribution in [0.4, 0.5) is 0 Å². The van der Waals surface area contributed by atoms with E-state index in [1.165, 1.54) is 5.56 Å². The number of aryl methyl sites for hydroxylation is 1. The molecule has 19 heavy (non-hydrogen) atoms. The summed E-state index contributed by atoms with van der Waals surface area (Å²) in [5.41, 5.74) is 2.21. The number of amides is 1. The van der Waals surface area contributed by atoms with E-state index in [9.17, 15) is 4.79 Å². The maximum atomic E-state index is 11.7. The molecule has 1 amide bonds. The standard InChI is InChI=1S/C15H21NO3/c1-11-2-4-12(5-3-11)14(19-9-8-17)10-16-15(18)13-6-7-13/h2-5,13-14,17H,6-10H2,1H3,(H,16,18). The van der Waals surface area contributed by atoms with Gasteiger partial charge in [0.05, 0.1) is 19.3 Å². The van der Waals surface area contributed by atoms with Gasteiger partial charge in [0.15, 0.2) is 0 Å². The van der Waals surface area contributed by atoms with E-state index in [4.69, 9.17) is 9.84 Å². The largest absolute Gasteiger partial charge is 0.394 e. The number of aliphatic hydroxyl groups is 1. The monoisotopic (exact) mass is 263 g/mol. The number of rotatable bonds is 7. The van der Waals surface area contributed by atoms with Crippen molar-refractivity contribution in [2.45, 2.75) is 25.9 Å². The van der Waals surface area contributed by atoms with Crippen molar-refractivity contribution in [2.75, 3.05) is 19.8 Å². The van der Waals surface area contributed by atoms with Crippen molar-refractivity contribution in [3.05, 3.63) is 35.4 Å². The van der Waals surface area contributed by atoms with Crippen LogP contribution in [-0.2, 0) is 9.53 Å². The van der Waals surface area contributed by atoms with E-state index in [0.717, 1.165) is 18.4 Å². The zero-order valence-electron chi connectivity index (χ0n) is 11.3. The van der Waals surface area contributed by atoms with E-state index >= 15 is 0 Å². The smallest absolute Gasteiger partial charge is 0.223 e. The van der Waals surface area contributed by atoms with E-state index in [0.29, 0.717) is 6.54 Å². The van der Waals surface area contributed by atoms with Crippen molar-refractivity contribution in [3.8, 4) is 0 Å². The minimum Gasteiger partial charge on any atom is -0.394 e. The second kappa shape index (κ2) is 6.68. The molecule has 0 radical (unpaired) electrons. The highest BCUT2D eigenvalue weighted by atomic mass is 16.5. The predicted molar refractivity (Wildman–Crippen MR) is 72.7 cm³/mol. The van der Waals surface area contributed by atoms with Crippen LogP contribution in [-0.4, -0.2) is 30.8 Å². The van der Waals surface area contributed by atoms with Crippen molar-refractivity contribution in [3.63, 3.8) is 0 Å². The third kappa shape index (κ3) is 4.33. The Morgan fingerprint density at radius 2 is 2.11 bits per heavy atom. The van der Waals surface area contributed by atoms with Crippen molar-refractivity contribution in [1.29, 1.82) is 0 Å². The van der Waals surface area contributed by atoms with Crippen LogP contribution < -0.4 is 5.32 Å². The molecule has 1 fully saturated rings. The molecule has 2 rings (SSSR count). The third-order valence-electron chi connectivity index (χ3n) is 3.27. The summed E-state index contributed by atoms with van der Waals surface area (Å²) in [7, 11) is 0. The summed E-state index contributed by atoms with van der Waals surface area (Å²) in [6.07, 6.45) is 1.80. The first-order valence-corrected chi connectivity index (χ1v) is 6.77. The Morgan fingerprint density at radius 3 is 2.68 bits per heavy atom. The average molecular weight is 263 g/mol. The normalized spacial score (nSPS) is 16.1. The molecule has 4 nitrogen and oxygen atoms in total. The fourth-order valence-corrected chi connectivity index (χ4v) is 1.93. The predicted octanol–water partition coefficient (Wildman–Crippen LogP) is 1.57. The Hall–Kier alpha value is -1.39. The van der Waals surface area contributed by atoms with E-state index in [2.05, 4.69) is 5.32 Å². The maximum Gasteiger partial charge on any atom is 0.223 e. The topological polar surface area (TPSA) is 58.6 Å². The maximum absolute atomic E-state index is 11.7. The summed E-state index contributed by atoms with van der Waals surface area (Å²) in [4.78, 5) is 11.7. The summed E-state index contributed by atoms with van der Waals surface area (Å²) in [5.74, 6) is 0.321. The average Bonchev–Trinajstić information content (AvgIpc) is 3.24. The lowest BCUT2D eigenvalue weighted by molar-refractivity contribution is -0.123. The molecular formula is C15H21NO3. The summed E-state index contributed by atoms with van der Waals surface area (Å²) in [6.45, 7) is 2.75. The van der Waals surface area contributed by atoms with Gasteiger partial charge in [0, 0.05) is 12.5 Å². The quantitative estimate of drug-likeness (QED) is 0.785. The molecule has 0 heterocycles. The number of aliphatic hydroxyl groups excluding tert-OH is 1. The van der Waals surface area contributed by atoms with Gasteiger partial charge in [-0.1, -0.05) is 29.8 Å². The fourth-order valence-electron chi connectivity index (χ4n) is 1.93. The second-order valence-corrected chi connectivity index (χ2v) is 5.01. The highest BCUT2D eigenvalue weighted by molar-refractivity contribution is 5.80. The zero-order chi connectivity index (χ0) is 13.7. The number of benzene rings is 1. The SMILES string of the molecule is Cc1ccc(C(CNC(=O)C2CC2)OCCO)cc1. The van der Waals surface area contributed by atoms with Gasteiger partial charge in [0.1, 0.15) is 0 Å². The van der Waals surface area contributed by atoms with Gasteiger partial charge in [-0.3, -0.25) is 4.79 Å². The molecule has 0 saturated heterocycles. The van der Waals surface area contributed by atoms with E-state index in [1.54, 1.807) is 0 Å². The van der Waals surface area contributed by atoms with Gasteiger partial charge in [-0.05, 0) is 25.3 Å². The molecule has 2 N–H and O–H groups in total. The van der Waals surface area contributed by atoms with Gasteiger partial charge >= 0.3 is 0 Å². The first kappa shape index (κ1) is 14.0. The van der Waals surface area contributed by atoms with Crippen LogP contribution in [0.5, 0.6) is 0 Å². The van der Waals surface area contributed by atoms with Gasteiger partial charge in [-0.15, -0.1) is 0 Å². The molecule has 1 aliphatic rings. The van der Waals surface area contributed by atoms with Crippen LogP contribution in [0.3, 0.4) is 0 Å². The molecule has 1 saturated carbocycles. The number of carbonyl (C=O) groups is 1. The van der Waals surface area contributed by atoms with Crippen LogP contribution in [0, 0.1) is 12.8 Å². The van der Waals surface area contributed by atoms with E-state index < -0.39 is 0 Å². The van der Waals surface area contributed by atoms with Crippen LogP contribution in [0.2, 0.25) is 0 Å². The molecule has 0 aliphatic heterocycles. The van der Waals surface area contributed by atoms with Crippen molar-refractivity contribution in [1.82, 2.24) is 5.32 Å². The Kier molecular flexibility index (Phi) is 4.93. The minimum absolute atomic E-state index is 0.0149. The molecule has 0 spiro atoms. The zero-order valence-corrected chi connectivity index (χ0v) is 11.3. The number of hydrogen-bond donors (Lipinski definition) is 2. The van der Waals surface area contributed by atoms with Gasteiger partial charge in [-0.2, -0.15) is 0 Å². The molecular weight excluding hydrogens is 242 g/mol. The molecule has 0 aromatic heterocycles. The van der Waals surface area contributed by atoms with Crippen LogP contribution in [0.15, 0.2) is 24.3 Å². The number of hydrogen-bond acceptors (Lipinski definition) is 3. The molecule has 1 aromatic rings. The number of nitrogens with one attached hydrogen (secondary N) is 1. The van der Waals surface area contributed by atoms with Gasteiger partial charge in [-0.25, -0.2) is 0 Å². The van der Waals surface area contributed by atoms with Crippen molar-refractivity contribution in [2.24, 2.45) is 5.92 Å². The first-order valence-electron chi connectivity index (χ1n) is 6.77. The van der Waals surface area contributed by atoms with Crippen molar-refractivity contribution >= 4 is 5.91 Å². The summed E-state index contributed by atoms with van der Waals surface area (Å²) >= 11 is 0. The molecule has 0 bridgehead atoms. The Bertz CT molecular complexity index is 412. The Labute approximate surface area is 113 Å².